The summed E-state index contributed by atoms with van der Waals surface area (Å²) in [5.41, 5.74) is 1.85. The van der Waals surface area contributed by atoms with Crippen LogP contribution in [0.1, 0.15) is 22.3 Å². The van der Waals surface area contributed by atoms with E-state index in [1.165, 1.54) is 18.2 Å². The fourth-order valence-corrected chi connectivity index (χ4v) is 2.13. The summed E-state index contributed by atoms with van der Waals surface area (Å²) < 4.78 is 38.6. The van der Waals surface area contributed by atoms with Gasteiger partial charge in [-0.25, -0.2) is 0 Å². The van der Waals surface area contributed by atoms with Crippen molar-refractivity contribution >= 4 is 11.6 Å². The Morgan fingerprint density at radius 3 is 2.36 bits per heavy atom. The lowest BCUT2D eigenvalue weighted by Crippen LogP contribution is -2.18. The summed E-state index contributed by atoms with van der Waals surface area (Å²) in [6, 6.07) is 10.5. The third kappa shape index (κ3) is 3.87. The minimum absolute atomic E-state index is 0.0350. The molecule has 0 fully saturated rings. The summed E-state index contributed by atoms with van der Waals surface area (Å²) in [6.07, 6.45) is -4.46. The van der Waals surface area contributed by atoms with Crippen LogP contribution in [0.15, 0.2) is 42.5 Å². The van der Waals surface area contributed by atoms with Crippen molar-refractivity contribution < 1.29 is 18.0 Å². The molecule has 2 nitrogen and oxygen atoms in total. The van der Waals surface area contributed by atoms with Gasteiger partial charge in [0.1, 0.15) is 0 Å². The molecule has 5 heteroatoms. The molecule has 116 valence electrons. The maximum atomic E-state index is 12.9. The molecule has 0 saturated carbocycles. The second-order valence-corrected chi connectivity index (χ2v) is 5.19. The highest BCUT2D eigenvalue weighted by atomic mass is 19.4. The summed E-state index contributed by atoms with van der Waals surface area (Å²) in [5.74, 6) is -0.472. The number of rotatable bonds is 3. The molecule has 22 heavy (non-hydrogen) atoms. The molecule has 0 spiro atoms. The second-order valence-electron chi connectivity index (χ2n) is 5.19. The van der Waals surface area contributed by atoms with Gasteiger partial charge in [-0.2, -0.15) is 13.2 Å². The van der Waals surface area contributed by atoms with Gasteiger partial charge in [-0.15, -0.1) is 0 Å². The zero-order valence-corrected chi connectivity index (χ0v) is 12.3. The van der Waals surface area contributed by atoms with E-state index in [-0.39, 0.29) is 12.1 Å². The average molecular weight is 307 g/mol. The van der Waals surface area contributed by atoms with Gasteiger partial charge in [0.2, 0.25) is 5.91 Å². The van der Waals surface area contributed by atoms with Crippen LogP contribution >= 0.6 is 0 Å². The molecule has 0 aliphatic rings. The zero-order valence-electron chi connectivity index (χ0n) is 12.3. The van der Waals surface area contributed by atoms with Crippen molar-refractivity contribution in [3.63, 3.8) is 0 Å². The Morgan fingerprint density at radius 2 is 1.73 bits per heavy atom. The molecule has 0 heterocycles. The van der Waals surface area contributed by atoms with Crippen molar-refractivity contribution in [3.05, 3.63) is 64.7 Å². The number of carbonyl (C=O) groups excluding carboxylic acids is 1. The maximum Gasteiger partial charge on any atom is 0.418 e. The summed E-state index contributed by atoms with van der Waals surface area (Å²) in [7, 11) is 0. The topological polar surface area (TPSA) is 29.1 Å². The fraction of sp³-hybridized carbons (Fsp3) is 0.235. The van der Waals surface area contributed by atoms with Crippen molar-refractivity contribution in [2.45, 2.75) is 26.4 Å². The first-order valence-corrected chi connectivity index (χ1v) is 6.79. The van der Waals surface area contributed by atoms with E-state index < -0.39 is 17.6 Å². The van der Waals surface area contributed by atoms with Gasteiger partial charge < -0.3 is 5.32 Å². The quantitative estimate of drug-likeness (QED) is 0.888. The predicted molar refractivity (Wildman–Crippen MR) is 79.7 cm³/mol. The number of hydrogen-bond acceptors (Lipinski definition) is 1. The molecule has 0 saturated heterocycles. The van der Waals surface area contributed by atoms with E-state index in [1.807, 2.05) is 26.0 Å². The van der Waals surface area contributed by atoms with Crippen LogP contribution in [-0.4, -0.2) is 5.91 Å². The molecule has 0 aliphatic heterocycles. The number of benzene rings is 2. The van der Waals surface area contributed by atoms with Gasteiger partial charge in [0.05, 0.1) is 17.7 Å². The highest BCUT2D eigenvalue weighted by molar-refractivity contribution is 5.93. The summed E-state index contributed by atoms with van der Waals surface area (Å²) in [5, 5.41) is 2.34. The molecule has 0 bridgehead atoms. The number of amides is 1. The van der Waals surface area contributed by atoms with Crippen molar-refractivity contribution in [1.82, 2.24) is 0 Å². The summed E-state index contributed by atoms with van der Waals surface area (Å²) >= 11 is 0. The third-order valence-corrected chi connectivity index (χ3v) is 3.44. The SMILES string of the molecule is Cc1ccc(CC(=O)Nc2ccccc2C(F)(F)F)cc1C. The van der Waals surface area contributed by atoms with Gasteiger partial charge in [0, 0.05) is 0 Å². The van der Waals surface area contributed by atoms with Crippen LogP contribution in [-0.2, 0) is 17.4 Å². The van der Waals surface area contributed by atoms with Gasteiger partial charge in [-0.3, -0.25) is 4.79 Å². The first-order valence-electron chi connectivity index (χ1n) is 6.79. The minimum Gasteiger partial charge on any atom is -0.325 e. The highest BCUT2D eigenvalue weighted by Crippen LogP contribution is 2.34. The smallest absolute Gasteiger partial charge is 0.325 e. The average Bonchev–Trinajstić information content (AvgIpc) is 2.42. The van der Waals surface area contributed by atoms with Gasteiger partial charge >= 0.3 is 6.18 Å². The van der Waals surface area contributed by atoms with Crippen LogP contribution < -0.4 is 5.32 Å². The molecule has 2 rings (SSSR count). The van der Waals surface area contributed by atoms with Crippen LogP contribution in [0.25, 0.3) is 0 Å². The van der Waals surface area contributed by atoms with E-state index in [2.05, 4.69) is 5.32 Å². The van der Waals surface area contributed by atoms with Crippen LogP contribution in [0.2, 0.25) is 0 Å². The standard InChI is InChI=1S/C17H16F3NO/c1-11-7-8-13(9-12(11)2)10-16(22)21-15-6-4-3-5-14(15)17(18,19)20/h3-9H,10H2,1-2H3,(H,21,22). The molecule has 0 aliphatic carbocycles. The lowest BCUT2D eigenvalue weighted by atomic mass is 10.0. The molecular formula is C17H16F3NO. The highest BCUT2D eigenvalue weighted by Gasteiger charge is 2.33. The summed E-state index contributed by atoms with van der Waals surface area (Å²) in [4.78, 5) is 12.0. The predicted octanol–water partition coefficient (Wildman–Crippen LogP) is 4.50. The van der Waals surface area contributed by atoms with Crippen molar-refractivity contribution in [1.29, 1.82) is 0 Å². The normalized spacial score (nSPS) is 11.3. The number of aryl methyl sites for hydroxylation is 2. The molecule has 1 amide bonds. The fourth-order valence-electron chi connectivity index (χ4n) is 2.13. The van der Waals surface area contributed by atoms with E-state index in [0.29, 0.717) is 0 Å². The van der Waals surface area contributed by atoms with E-state index >= 15 is 0 Å². The number of nitrogens with one attached hydrogen (secondary N) is 1. The third-order valence-electron chi connectivity index (χ3n) is 3.44. The lowest BCUT2D eigenvalue weighted by Gasteiger charge is -2.13. The molecule has 0 unspecified atom stereocenters. The van der Waals surface area contributed by atoms with Crippen LogP contribution in [0, 0.1) is 13.8 Å². The minimum atomic E-state index is -4.50. The van der Waals surface area contributed by atoms with Crippen LogP contribution in [0.4, 0.5) is 18.9 Å². The van der Waals surface area contributed by atoms with E-state index in [1.54, 1.807) is 6.07 Å². The van der Waals surface area contributed by atoms with Gasteiger partial charge in [0.15, 0.2) is 0 Å². The lowest BCUT2D eigenvalue weighted by molar-refractivity contribution is -0.137. The van der Waals surface area contributed by atoms with Crippen molar-refractivity contribution in [3.8, 4) is 0 Å². The van der Waals surface area contributed by atoms with Crippen LogP contribution in [0.5, 0.6) is 0 Å². The van der Waals surface area contributed by atoms with Gasteiger partial charge in [0.25, 0.3) is 0 Å². The number of carbonyl (C=O) groups is 1. The Bertz CT molecular complexity index is 693. The Labute approximate surface area is 127 Å². The van der Waals surface area contributed by atoms with Crippen molar-refractivity contribution in [2.24, 2.45) is 0 Å². The zero-order chi connectivity index (χ0) is 16.3. The Balaban J connectivity index is 2.14. The first-order chi connectivity index (χ1) is 10.3. The summed E-state index contributed by atoms with van der Waals surface area (Å²) in [6.45, 7) is 3.88. The molecule has 0 radical (unpaired) electrons. The number of para-hydroxylation sites is 1. The molecule has 2 aromatic rings. The molecule has 2 aromatic carbocycles. The van der Waals surface area contributed by atoms with Gasteiger partial charge in [-0.05, 0) is 42.7 Å². The molecular weight excluding hydrogens is 291 g/mol. The van der Waals surface area contributed by atoms with E-state index in [0.717, 1.165) is 22.8 Å². The van der Waals surface area contributed by atoms with Crippen molar-refractivity contribution in [2.75, 3.05) is 5.32 Å². The molecule has 0 atom stereocenters. The van der Waals surface area contributed by atoms with Crippen LogP contribution in [0.3, 0.4) is 0 Å². The van der Waals surface area contributed by atoms with E-state index in [4.69, 9.17) is 0 Å². The number of halogens is 3. The number of anilines is 1. The Kier molecular flexibility index (Phi) is 4.54. The molecule has 0 aromatic heterocycles. The monoisotopic (exact) mass is 307 g/mol. The largest absolute Gasteiger partial charge is 0.418 e. The molecule has 1 N–H and O–H groups in total. The van der Waals surface area contributed by atoms with E-state index in [9.17, 15) is 18.0 Å². The number of alkyl halides is 3. The Hall–Kier alpha value is -2.30. The first kappa shape index (κ1) is 16.1. The maximum absolute atomic E-state index is 12.9. The number of hydrogen-bond donors (Lipinski definition) is 1. The van der Waals surface area contributed by atoms with Gasteiger partial charge in [-0.1, -0.05) is 30.3 Å². The Morgan fingerprint density at radius 1 is 1.05 bits per heavy atom. The second kappa shape index (κ2) is 6.22.